The van der Waals surface area contributed by atoms with Crippen molar-refractivity contribution in [2.45, 2.75) is 44.4 Å². The molecule has 1 aromatic rings. The smallest absolute Gasteiger partial charge is 0.325 e. The van der Waals surface area contributed by atoms with Crippen molar-refractivity contribution < 1.29 is 19.8 Å². The maximum absolute atomic E-state index is 12.5. The van der Waals surface area contributed by atoms with E-state index in [1.807, 2.05) is 4.90 Å². The molecule has 1 aliphatic heterocycles. The number of hydrogen-bond donors (Lipinski definition) is 2. The van der Waals surface area contributed by atoms with Gasteiger partial charge in [-0.25, -0.2) is 0 Å². The van der Waals surface area contributed by atoms with Crippen molar-refractivity contribution in [3.8, 4) is 0 Å². The van der Waals surface area contributed by atoms with Gasteiger partial charge in [0.05, 0.1) is 13.2 Å². The Morgan fingerprint density at radius 3 is 2.38 bits per heavy atom. The second-order valence-electron chi connectivity index (χ2n) is 6.64. The van der Waals surface area contributed by atoms with Crippen molar-refractivity contribution in [2.75, 3.05) is 19.6 Å². The molecule has 1 saturated carbocycles. The maximum atomic E-state index is 12.5. The number of piperazine rings is 1. The van der Waals surface area contributed by atoms with Gasteiger partial charge in [-0.3, -0.25) is 14.5 Å². The summed E-state index contributed by atoms with van der Waals surface area (Å²) in [5, 5.41) is 18.8. The molecule has 6 heteroatoms. The molecule has 3 rings (SSSR count). The van der Waals surface area contributed by atoms with Gasteiger partial charge in [0.2, 0.25) is 5.91 Å². The number of carboxylic acids is 1. The van der Waals surface area contributed by atoms with E-state index in [9.17, 15) is 14.7 Å². The van der Waals surface area contributed by atoms with Crippen LogP contribution in [0.4, 0.5) is 0 Å². The summed E-state index contributed by atoms with van der Waals surface area (Å²) in [5.41, 5.74) is 1.38. The summed E-state index contributed by atoms with van der Waals surface area (Å²) >= 11 is 0. The summed E-state index contributed by atoms with van der Waals surface area (Å²) in [6, 6.07) is 6.40. The highest BCUT2D eigenvalue weighted by Crippen LogP contribution is 2.28. The molecule has 1 saturated heterocycles. The van der Waals surface area contributed by atoms with Crippen molar-refractivity contribution in [2.24, 2.45) is 0 Å². The molecule has 1 aliphatic carbocycles. The van der Waals surface area contributed by atoms with Crippen molar-refractivity contribution in [1.82, 2.24) is 9.80 Å². The standard InChI is InChI=1S/C18H24N2O4/c21-12-13-5-7-14(8-6-13)17(18(23)24)19-9-10-20(16(22)11-19)15-3-1-2-4-15/h5-8,15,17,21H,1-4,9-12H2,(H,23,24)/t17-/m1/s1. The molecule has 6 nitrogen and oxygen atoms in total. The zero-order chi connectivity index (χ0) is 17.1. The molecule has 0 radical (unpaired) electrons. The maximum Gasteiger partial charge on any atom is 0.325 e. The quantitative estimate of drug-likeness (QED) is 0.852. The number of amides is 1. The third kappa shape index (κ3) is 3.44. The second-order valence-corrected chi connectivity index (χ2v) is 6.64. The van der Waals surface area contributed by atoms with Gasteiger partial charge >= 0.3 is 5.97 Å². The SMILES string of the molecule is O=C(O)[C@@H](c1ccc(CO)cc1)N1CCN(C2CCCC2)C(=O)C1. The first-order chi connectivity index (χ1) is 11.6. The van der Waals surface area contributed by atoms with Gasteiger partial charge in [0.25, 0.3) is 0 Å². The number of benzene rings is 1. The summed E-state index contributed by atoms with van der Waals surface area (Å²) in [6.45, 7) is 1.24. The Morgan fingerprint density at radius 2 is 1.83 bits per heavy atom. The molecule has 0 aromatic heterocycles. The lowest BCUT2D eigenvalue weighted by atomic mass is 10.0. The van der Waals surface area contributed by atoms with Gasteiger partial charge in [0, 0.05) is 19.1 Å². The zero-order valence-electron chi connectivity index (χ0n) is 13.7. The number of rotatable bonds is 5. The Morgan fingerprint density at radius 1 is 1.17 bits per heavy atom. The summed E-state index contributed by atoms with van der Waals surface area (Å²) in [4.78, 5) is 28.0. The van der Waals surface area contributed by atoms with Gasteiger partial charge in [-0.05, 0) is 24.0 Å². The predicted octanol–water partition coefficient (Wildman–Crippen LogP) is 1.39. The minimum atomic E-state index is -0.950. The first-order valence-corrected chi connectivity index (χ1v) is 8.56. The number of hydrogen-bond acceptors (Lipinski definition) is 4. The van der Waals surface area contributed by atoms with Crippen molar-refractivity contribution in [3.05, 3.63) is 35.4 Å². The Bertz CT molecular complexity index is 596. The molecular weight excluding hydrogens is 308 g/mol. The monoisotopic (exact) mass is 332 g/mol. The molecule has 130 valence electrons. The third-order valence-corrected chi connectivity index (χ3v) is 5.13. The van der Waals surface area contributed by atoms with Crippen LogP contribution in [0, 0.1) is 0 Å². The lowest BCUT2D eigenvalue weighted by Crippen LogP contribution is -2.55. The number of aliphatic hydroxyl groups excluding tert-OH is 1. The molecule has 1 heterocycles. The van der Waals surface area contributed by atoms with Crippen LogP contribution in [0.5, 0.6) is 0 Å². The summed E-state index contributed by atoms with van der Waals surface area (Å²) < 4.78 is 0. The molecule has 1 aromatic carbocycles. The van der Waals surface area contributed by atoms with Gasteiger partial charge in [0.15, 0.2) is 0 Å². The molecular formula is C18H24N2O4. The first-order valence-electron chi connectivity index (χ1n) is 8.56. The summed E-state index contributed by atoms with van der Waals surface area (Å²) in [7, 11) is 0. The van der Waals surface area contributed by atoms with E-state index in [4.69, 9.17) is 5.11 Å². The van der Waals surface area contributed by atoms with E-state index in [0.717, 1.165) is 18.4 Å². The van der Waals surface area contributed by atoms with Crippen LogP contribution in [0.25, 0.3) is 0 Å². The Hall–Kier alpha value is -1.92. The van der Waals surface area contributed by atoms with Crippen molar-refractivity contribution >= 4 is 11.9 Å². The van der Waals surface area contributed by atoms with E-state index in [2.05, 4.69) is 0 Å². The lowest BCUT2D eigenvalue weighted by Gasteiger charge is -2.40. The van der Waals surface area contributed by atoms with Gasteiger partial charge in [-0.1, -0.05) is 37.1 Å². The van der Waals surface area contributed by atoms with Gasteiger partial charge < -0.3 is 15.1 Å². The van der Waals surface area contributed by atoms with E-state index in [1.165, 1.54) is 12.8 Å². The fraction of sp³-hybridized carbons (Fsp3) is 0.556. The molecule has 0 unspecified atom stereocenters. The third-order valence-electron chi connectivity index (χ3n) is 5.13. The van der Waals surface area contributed by atoms with Crippen LogP contribution in [-0.4, -0.2) is 57.6 Å². The molecule has 1 amide bonds. The Balaban J connectivity index is 1.73. The lowest BCUT2D eigenvalue weighted by molar-refractivity contribution is -0.148. The summed E-state index contributed by atoms with van der Waals surface area (Å²) in [5.74, 6) is -0.916. The minimum absolute atomic E-state index is 0.0337. The number of carboxylic acid groups (broad SMARTS) is 1. The van der Waals surface area contributed by atoms with Gasteiger partial charge in [0.1, 0.15) is 6.04 Å². The van der Waals surface area contributed by atoms with Crippen LogP contribution < -0.4 is 0 Å². The van der Waals surface area contributed by atoms with Crippen LogP contribution in [0.1, 0.15) is 42.9 Å². The molecule has 24 heavy (non-hydrogen) atoms. The number of nitrogens with zero attached hydrogens (tertiary/aromatic N) is 2. The highest BCUT2D eigenvalue weighted by atomic mass is 16.4. The van der Waals surface area contributed by atoms with E-state index in [-0.39, 0.29) is 19.1 Å². The van der Waals surface area contributed by atoms with Crippen LogP contribution in [0.3, 0.4) is 0 Å². The highest BCUT2D eigenvalue weighted by molar-refractivity contribution is 5.81. The molecule has 2 N–H and O–H groups in total. The largest absolute Gasteiger partial charge is 0.480 e. The number of aliphatic hydroxyl groups is 1. The minimum Gasteiger partial charge on any atom is -0.480 e. The number of carbonyl (C=O) groups excluding carboxylic acids is 1. The topological polar surface area (TPSA) is 81.1 Å². The first kappa shape index (κ1) is 16.9. The van der Waals surface area contributed by atoms with E-state index in [1.54, 1.807) is 29.2 Å². The van der Waals surface area contributed by atoms with Crippen molar-refractivity contribution in [1.29, 1.82) is 0 Å². The Kier molecular flexibility index (Phi) is 5.16. The van der Waals surface area contributed by atoms with Crippen LogP contribution in [0.15, 0.2) is 24.3 Å². The van der Waals surface area contributed by atoms with Crippen LogP contribution in [0.2, 0.25) is 0 Å². The van der Waals surface area contributed by atoms with E-state index in [0.29, 0.717) is 24.7 Å². The van der Waals surface area contributed by atoms with Crippen LogP contribution >= 0.6 is 0 Å². The Labute approximate surface area is 141 Å². The number of aliphatic carboxylic acids is 1. The summed E-state index contributed by atoms with van der Waals surface area (Å²) in [6.07, 6.45) is 4.48. The second kappa shape index (κ2) is 7.32. The fourth-order valence-electron chi connectivity index (χ4n) is 3.84. The van der Waals surface area contributed by atoms with Crippen LogP contribution in [-0.2, 0) is 16.2 Å². The predicted molar refractivity (Wildman–Crippen MR) is 88.3 cm³/mol. The normalized spacial score (nSPS) is 21.2. The van der Waals surface area contributed by atoms with Gasteiger partial charge in [-0.15, -0.1) is 0 Å². The van der Waals surface area contributed by atoms with E-state index < -0.39 is 12.0 Å². The number of carbonyl (C=O) groups is 2. The zero-order valence-corrected chi connectivity index (χ0v) is 13.7. The van der Waals surface area contributed by atoms with Gasteiger partial charge in [-0.2, -0.15) is 0 Å². The van der Waals surface area contributed by atoms with Crippen molar-refractivity contribution in [3.63, 3.8) is 0 Å². The van der Waals surface area contributed by atoms with E-state index >= 15 is 0 Å². The average molecular weight is 332 g/mol. The molecule has 1 atom stereocenters. The highest BCUT2D eigenvalue weighted by Gasteiger charge is 2.36. The average Bonchev–Trinajstić information content (AvgIpc) is 3.10. The molecule has 2 fully saturated rings. The molecule has 2 aliphatic rings. The fourth-order valence-corrected chi connectivity index (χ4v) is 3.84. The molecule has 0 bridgehead atoms. The molecule has 0 spiro atoms.